The lowest BCUT2D eigenvalue weighted by molar-refractivity contribution is -0.149. The number of carbonyl (C=O) groups excluding carboxylic acids is 1. The SMILES string of the molecule is CC[C@@H](O)[C@](C)(C=O)OCc1ccccc1. The summed E-state index contributed by atoms with van der Waals surface area (Å²) < 4.78 is 5.50. The number of carbonyl (C=O) groups is 1. The van der Waals surface area contributed by atoms with E-state index < -0.39 is 11.7 Å². The van der Waals surface area contributed by atoms with Crippen molar-refractivity contribution in [3.63, 3.8) is 0 Å². The van der Waals surface area contributed by atoms with Gasteiger partial charge in [0.15, 0.2) is 6.29 Å². The van der Waals surface area contributed by atoms with Crippen molar-refractivity contribution < 1.29 is 14.6 Å². The Morgan fingerprint density at radius 1 is 1.44 bits per heavy atom. The molecule has 88 valence electrons. The highest BCUT2D eigenvalue weighted by molar-refractivity contribution is 5.62. The molecule has 0 spiro atoms. The van der Waals surface area contributed by atoms with Gasteiger partial charge < -0.3 is 14.6 Å². The first kappa shape index (κ1) is 12.9. The molecule has 1 aromatic rings. The molecule has 0 aliphatic rings. The molecular formula is C13H18O3. The van der Waals surface area contributed by atoms with Gasteiger partial charge in [0.05, 0.1) is 12.7 Å². The minimum atomic E-state index is -1.12. The number of rotatable bonds is 6. The minimum absolute atomic E-state index is 0.327. The highest BCUT2D eigenvalue weighted by Gasteiger charge is 2.32. The lowest BCUT2D eigenvalue weighted by Crippen LogP contribution is -2.43. The van der Waals surface area contributed by atoms with E-state index in [1.165, 1.54) is 0 Å². The van der Waals surface area contributed by atoms with Gasteiger partial charge in [0.1, 0.15) is 5.60 Å². The van der Waals surface area contributed by atoms with Crippen molar-refractivity contribution in [2.75, 3.05) is 0 Å². The molecule has 0 fully saturated rings. The molecule has 0 bridgehead atoms. The standard InChI is InChI=1S/C13H18O3/c1-3-12(15)13(2,10-14)16-9-11-7-5-4-6-8-11/h4-8,10,12,15H,3,9H2,1-2H3/t12-,13+/m1/s1. The molecule has 0 radical (unpaired) electrons. The van der Waals surface area contributed by atoms with Gasteiger partial charge in [-0.3, -0.25) is 0 Å². The van der Waals surface area contributed by atoms with Gasteiger partial charge in [0.2, 0.25) is 0 Å². The molecule has 3 nitrogen and oxygen atoms in total. The summed E-state index contributed by atoms with van der Waals surface area (Å²) >= 11 is 0. The average Bonchev–Trinajstić information content (AvgIpc) is 2.36. The van der Waals surface area contributed by atoms with Crippen LogP contribution in [0.1, 0.15) is 25.8 Å². The Balaban J connectivity index is 2.61. The third-order valence-electron chi connectivity index (χ3n) is 2.68. The molecular weight excluding hydrogens is 204 g/mol. The molecule has 2 atom stereocenters. The summed E-state index contributed by atoms with van der Waals surface area (Å²) in [5.74, 6) is 0. The van der Waals surface area contributed by atoms with Gasteiger partial charge in [-0.1, -0.05) is 37.3 Å². The van der Waals surface area contributed by atoms with Crippen LogP contribution in [0.5, 0.6) is 0 Å². The molecule has 0 saturated carbocycles. The number of hydrogen-bond acceptors (Lipinski definition) is 3. The summed E-state index contributed by atoms with van der Waals surface area (Å²) in [7, 11) is 0. The van der Waals surface area contributed by atoms with E-state index in [-0.39, 0.29) is 0 Å². The fourth-order valence-electron chi connectivity index (χ4n) is 1.43. The topological polar surface area (TPSA) is 46.5 Å². The van der Waals surface area contributed by atoms with Crippen LogP contribution in [0.2, 0.25) is 0 Å². The van der Waals surface area contributed by atoms with Crippen LogP contribution < -0.4 is 0 Å². The summed E-state index contributed by atoms with van der Waals surface area (Å²) in [6.07, 6.45) is 0.391. The molecule has 1 rings (SSSR count). The maximum absolute atomic E-state index is 11.0. The van der Waals surface area contributed by atoms with Crippen molar-refractivity contribution >= 4 is 6.29 Å². The van der Waals surface area contributed by atoms with Crippen molar-refractivity contribution in [3.05, 3.63) is 35.9 Å². The fraction of sp³-hybridized carbons (Fsp3) is 0.462. The van der Waals surface area contributed by atoms with Crippen molar-refractivity contribution in [2.45, 2.75) is 38.6 Å². The van der Waals surface area contributed by atoms with Gasteiger partial charge in [-0.25, -0.2) is 0 Å². The molecule has 0 amide bonds. The second-order valence-corrected chi connectivity index (χ2v) is 4.00. The Labute approximate surface area is 96.1 Å². The van der Waals surface area contributed by atoms with Crippen LogP contribution in [0, 0.1) is 0 Å². The van der Waals surface area contributed by atoms with Crippen LogP contribution in [-0.4, -0.2) is 23.1 Å². The second-order valence-electron chi connectivity index (χ2n) is 4.00. The van der Waals surface area contributed by atoms with Gasteiger partial charge in [-0.15, -0.1) is 0 Å². The van der Waals surface area contributed by atoms with E-state index in [1.807, 2.05) is 37.3 Å². The number of benzene rings is 1. The molecule has 0 aliphatic carbocycles. The van der Waals surface area contributed by atoms with Crippen molar-refractivity contribution in [1.82, 2.24) is 0 Å². The molecule has 1 N–H and O–H groups in total. The van der Waals surface area contributed by atoms with Crippen LogP contribution in [0.3, 0.4) is 0 Å². The van der Waals surface area contributed by atoms with Crippen LogP contribution in [0.4, 0.5) is 0 Å². The maximum Gasteiger partial charge on any atom is 0.154 e. The highest BCUT2D eigenvalue weighted by Crippen LogP contribution is 2.18. The van der Waals surface area contributed by atoms with E-state index in [1.54, 1.807) is 6.92 Å². The van der Waals surface area contributed by atoms with Gasteiger partial charge in [-0.05, 0) is 18.9 Å². The van der Waals surface area contributed by atoms with E-state index in [9.17, 15) is 9.90 Å². The normalized spacial score (nSPS) is 16.4. The fourth-order valence-corrected chi connectivity index (χ4v) is 1.43. The number of ether oxygens (including phenoxy) is 1. The summed E-state index contributed by atoms with van der Waals surface area (Å²) in [5.41, 5.74) is -0.135. The zero-order valence-corrected chi connectivity index (χ0v) is 9.72. The summed E-state index contributed by atoms with van der Waals surface area (Å²) in [5, 5.41) is 9.70. The Morgan fingerprint density at radius 2 is 2.06 bits per heavy atom. The van der Waals surface area contributed by atoms with E-state index >= 15 is 0 Å². The highest BCUT2D eigenvalue weighted by atomic mass is 16.5. The quantitative estimate of drug-likeness (QED) is 0.748. The molecule has 0 saturated heterocycles. The van der Waals surface area contributed by atoms with Crippen molar-refractivity contribution in [3.8, 4) is 0 Å². The molecule has 16 heavy (non-hydrogen) atoms. The number of aliphatic hydroxyl groups excluding tert-OH is 1. The third-order valence-corrected chi connectivity index (χ3v) is 2.68. The van der Waals surface area contributed by atoms with E-state index in [0.717, 1.165) is 5.56 Å². The molecule has 3 heteroatoms. The first-order valence-electron chi connectivity index (χ1n) is 5.44. The lowest BCUT2D eigenvalue weighted by atomic mass is 9.98. The zero-order valence-electron chi connectivity index (χ0n) is 9.72. The van der Waals surface area contributed by atoms with E-state index in [0.29, 0.717) is 19.3 Å². The first-order chi connectivity index (χ1) is 7.62. The Morgan fingerprint density at radius 3 is 2.56 bits per heavy atom. The van der Waals surface area contributed by atoms with Gasteiger partial charge >= 0.3 is 0 Å². The van der Waals surface area contributed by atoms with Crippen LogP contribution in [0.25, 0.3) is 0 Å². The smallest absolute Gasteiger partial charge is 0.154 e. The number of aldehydes is 1. The van der Waals surface area contributed by atoms with Gasteiger partial charge in [-0.2, -0.15) is 0 Å². The number of hydrogen-bond donors (Lipinski definition) is 1. The molecule has 1 aromatic carbocycles. The Bertz CT molecular complexity index is 323. The van der Waals surface area contributed by atoms with Crippen LogP contribution in [0.15, 0.2) is 30.3 Å². The maximum atomic E-state index is 11.0. The Hall–Kier alpha value is -1.19. The molecule has 0 unspecified atom stereocenters. The predicted molar refractivity (Wildman–Crippen MR) is 62.0 cm³/mol. The average molecular weight is 222 g/mol. The van der Waals surface area contributed by atoms with Gasteiger partial charge in [0, 0.05) is 0 Å². The van der Waals surface area contributed by atoms with Crippen LogP contribution >= 0.6 is 0 Å². The van der Waals surface area contributed by atoms with Crippen LogP contribution in [-0.2, 0) is 16.1 Å². The first-order valence-corrected chi connectivity index (χ1v) is 5.44. The van der Waals surface area contributed by atoms with Crippen molar-refractivity contribution in [1.29, 1.82) is 0 Å². The number of aliphatic hydroxyl groups is 1. The Kier molecular flexibility index (Phi) is 4.65. The zero-order chi connectivity index (χ0) is 12.0. The van der Waals surface area contributed by atoms with E-state index in [4.69, 9.17) is 4.74 Å². The third kappa shape index (κ3) is 3.15. The monoisotopic (exact) mass is 222 g/mol. The largest absolute Gasteiger partial charge is 0.390 e. The summed E-state index contributed by atoms with van der Waals surface area (Å²) in [4.78, 5) is 11.0. The van der Waals surface area contributed by atoms with Gasteiger partial charge in [0.25, 0.3) is 0 Å². The summed E-state index contributed by atoms with van der Waals surface area (Å²) in [6, 6.07) is 9.58. The molecule has 0 aliphatic heterocycles. The predicted octanol–water partition coefficient (Wildman–Crippen LogP) is 1.93. The second kappa shape index (κ2) is 5.77. The lowest BCUT2D eigenvalue weighted by Gasteiger charge is -2.28. The minimum Gasteiger partial charge on any atom is -0.390 e. The summed E-state index contributed by atoms with van der Waals surface area (Å²) in [6.45, 7) is 3.75. The molecule has 0 aromatic heterocycles. The molecule has 0 heterocycles. The van der Waals surface area contributed by atoms with E-state index in [2.05, 4.69) is 0 Å². The van der Waals surface area contributed by atoms with Crippen molar-refractivity contribution in [2.24, 2.45) is 0 Å².